The van der Waals surface area contributed by atoms with Crippen LogP contribution in [0.3, 0.4) is 0 Å². The Morgan fingerprint density at radius 3 is 2.61 bits per heavy atom. The summed E-state index contributed by atoms with van der Waals surface area (Å²) in [5.74, 6) is 0.335. The van der Waals surface area contributed by atoms with E-state index < -0.39 is 17.3 Å². The molecule has 1 aliphatic carbocycles. The van der Waals surface area contributed by atoms with Crippen LogP contribution in [-0.2, 0) is 29.6 Å². The first-order valence-corrected chi connectivity index (χ1v) is 16.1. The summed E-state index contributed by atoms with van der Waals surface area (Å²) in [6, 6.07) is 5.44. The minimum atomic E-state index is -0.695. The molecule has 0 spiro atoms. The zero-order valence-corrected chi connectivity index (χ0v) is 26.2. The van der Waals surface area contributed by atoms with E-state index in [0.717, 1.165) is 72.9 Å². The summed E-state index contributed by atoms with van der Waals surface area (Å²) >= 11 is 11.2. The fourth-order valence-corrected chi connectivity index (χ4v) is 7.26. The summed E-state index contributed by atoms with van der Waals surface area (Å²) in [6.45, 7) is 2.49. The van der Waals surface area contributed by atoms with Gasteiger partial charge in [-0.25, -0.2) is 9.97 Å². The van der Waals surface area contributed by atoms with Crippen molar-refractivity contribution in [3.8, 4) is 11.3 Å². The van der Waals surface area contributed by atoms with Gasteiger partial charge in [0, 0.05) is 56.0 Å². The highest BCUT2D eigenvalue weighted by Crippen LogP contribution is 2.40. The summed E-state index contributed by atoms with van der Waals surface area (Å²) in [4.78, 5) is 50.6. The number of aromatic nitrogens is 4. The van der Waals surface area contributed by atoms with Crippen LogP contribution < -0.4 is 10.6 Å². The first-order valence-electron chi connectivity index (χ1n) is 15.2. The second-order valence-electron chi connectivity index (χ2n) is 12.3. The molecule has 2 aromatic heterocycles. The normalized spacial score (nSPS) is 22.8. The van der Waals surface area contributed by atoms with Gasteiger partial charge < -0.3 is 10.2 Å². The lowest BCUT2D eigenvalue weighted by Gasteiger charge is -2.32. The fourth-order valence-electron chi connectivity index (χ4n) is 6.57. The summed E-state index contributed by atoms with van der Waals surface area (Å²) in [7, 11) is 1.97. The van der Waals surface area contributed by atoms with E-state index in [9.17, 15) is 14.4 Å². The SMILES string of the molecule is Cn1ncc(-c2nc(NC3CCN(Cc4ccc5c(c4)C(=O)N(C4CCC(=O)NC4=O)C5S)CC3)ncc2Cl)c1CC1CC1. The van der Waals surface area contributed by atoms with Crippen molar-refractivity contribution in [1.82, 2.24) is 34.9 Å². The molecule has 11 nitrogen and oxygen atoms in total. The van der Waals surface area contributed by atoms with E-state index in [1.165, 1.54) is 17.7 Å². The number of nitrogens with one attached hydrogen (secondary N) is 2. The Kier molecular flexibility index (Phi) is 7.84. The number of nitrogens with zero attached hydrogens (tertiary/aromatic N) is 6. The van der Waals surface area contributed by atoms with Gasteiger partial charge in [-0.15, -0.1) is 12.6 Å². The number of halogens is 1. The van der Waals surface area contributed by atoms with Gasteiger partial charge in [0.25, 0.3) is 5.91 Å². The van der Waals surface area contributed by atoms with Crippen molar-refractivity contribution in [2.24, 2.45) is 13.0 Å². The zero-order chi connectivity index (χ0) is 30.5. The Hall–Kier alpha value is -3.48. The maximum atomic E-state index is 13.4. The topological polar surface area (TPSA) is 125 Å². The molecule has 3 amide bonds. The Morgan fingerprint density at radius 1 is 1.07 bits per heavy atom. The van der Waals surface area contributed by atoms with E-state index in [-0.39, 0.29) is 24.3 Å². The van der Waals surface area contributed by atoms with Gasteiger partial charge in [-0.05, 0) is 61.6 Å². The van der Waals surface area contributed by atoms with E-state index >= 15 is 0 Å². The number of rotatable bonds is 8. The van der Waals surface area contributed by atoms with Crippen molar-refractivity contribution in [3.63, 3.8) is 0 Å². The number of benzene rings is 1. The van der Waals surface area contributed by atoms with Gasteiger partial charge >= 0.3 is 0 Å². The molecule has 7 rings (SSSR count). The molecule has 2 atom stereocenters. The van der Waals surface area contributed by atoms with Crippen molar-refractivity contribution in [2.75, 3.05) is 18.4 Å². The molecule has 2 unspecified atom stereocenters. The molecule has 3 aromatic rings. The number of anilines is 1. The first kappa shape index (κ1) is 29.2. The molecule has 1 aromatic carbocycles. The van der Waals surface area contributed by atoms with E-state index in [1.54, 1.807) is 6.20 Å². The van der Waals surface area contributed by atoms with Crippen molar-refractivity contribution >= 4 is 47.9 Å². The Balaban J connectivity index is 0.970. The number of imide groups is 1. The van der Waals surface area contributed by atoms with Gasteiger partial charge in [-0.1, -0.05) is 23.7 Å². The second-order valence-corrected chi connectivity index (χ2v) is 13.2. The van der Waals surface area contributed by atoms with Crippen LogP contribution in [-0.4, -0.2) is 72.4 Å². The molecule has 4 aliphatic rings. The van der Waals surface area contributed by atoms with Crippen LogP contribution in [0.15, 0.2) is 30.6 Å². The number of fused-ring (bicyclic) bond motifs is 1. The van der Waals surface area contributed by atoms with E-state index in [1.807, 2.05) is 36.1 Å². The third kappa shape index (κ3) is 5.70. The van der Waals surface area contributed by atoms with Crippen LogP contribution in [0, 0.1) is 5.92 Å². The van der Waals surface area contributed by atoms with Gasteiger partial charge in [0.05, 0.1) is 23.1 Å². The molecule has 44 heavy (non-hydrogen) atoms. The van der Waals surface area contributed by atoms with Crippen LogP contribution in [0.1, 0.15) is 71.1 Å². The van der Waals surface area contributed by atoms with Crippen LogP contribution in [0.4, 0.5) is 5.95 Å². The Bertz CT molecular complexity index is 1630. The minimum absolute atomic E-state index is 0.213. The van der Waals surface area contributed by atoms with Gasteiger partial charge in [0.2, 0.25) is 17.8 Å². The van der Waals surface area contributed by atoms with Crippen LogP contribution in [0.2, 0.25) is 5.02 Å². The van der Waals surface area contributed by atoms with Crippen molar-refractivity contribution in [2.45, 2.75) is 68.9 Å². The average Bonchev–Trinajstić information content (AvgIpc) is 3.71. The molecular weight excluding hydrogens is 600 g/mol. The molecule has 0 radical (unpaired) electrons. The minimum Gasteiger partial charge on any atom is -0.351 e. The Labute approximate surface area is 266 Å². The lowest BCUT2D eigenvalue weighted by molar-refractivity contribution is -0.137. The van der Waals surface area contributed by atoms with Crippen molar-refractivity contribution < 1.29 is 14.4 Å². The predicted molar refractivity (Wildman–Crippen MR) is 168 cm³/mol. The zero-order valence-electron chi connectivity index (χ0n) is 24.5. The highest BCUT2D eigenvalue weighted by molar-refractivity contribution is 7.80. The third-order valence-electron chi connectivity index (χ3n) is 9.24. The van der Waals surface area contributed by atoms with E-state index in [0.29, 0.717) is 23.0 Å². The number of carbonyl (C=O) groups excluding carboxylic acids is 3. The van der Waals surface area contributed by atoms with Gasteiger partial charge in [-0.2, -0.15) is 5.10 Å². The van der Waals surface area contributed by atoms with Gasteiger partial charge in [0.15, 0.2) is 0 Å². The van der Waals surface area contributed by atoms with E-state index in [2.05, 4.69) is 38.2 Å². The average molecular weight is 635 g/mol. The summed E-state index contributed by atoms with van der Waals surface area (Å²) in [6.07, 6.45) is 9.40. The number of aryl methyl sites for hydroxylation is 1. The Morgan fingerprint density at radius 2 is 1.86 bits per heavy atom. The molecule has 2 saturated heterocycles. The smallest absolute Gasteiger partial charge is 0.256 e. The largest absolute Gasteiger partial charge is 0.351 e. The van der Waals surface area contributed by atoms with E-state index in [4.69, 9.17) is 16.6 Å². The lowest BCUT2D eigenvalue weighted by atomic mass is 10.0. The summed E-state index contributed by atoms with van der Waals surface area (Å²) < 4.78 is 1.93. The molecule has 3 aliphatic heterocycles. The maximum Gasteiger partial charge on any atom is 0.256 e. The molecule has 13 heteroatoms. The number of likely N-dealkylation sites (tertiary alicyclic amines) is 1. The number of hydrogen-bond donors (Lipinski definition) is 3. The summed E-state index contributed by atoms with van der Waals surface area (Å²) in [5, 5.41) is 10.4. The quantitative estimate of drug-likeness (QED) is 0.253. The molecule has 5 heterocycles. The second kappa shape index (κ2) is 11.8. The van der Waals surface area contributed by atoms with Gasteiger partial charge in [0.1, 0.15) is 11.4 Å². The lowest BCUT2D eigenvalue weighted by Crippen LogP contribution is -2.53. The molecule has 2 N–H and O–H groups in total. The predicted octanol–water partition coefficient (Wildman–Crippen LogP) is 3.75. The number of hydrogen-bond acceptors (Lipinski definition) is 9. The standard InChI is InChI=1S/C31H35ClN8O3S/c1-38-25(13-17-2-3-17)22(14-34-38)27-23(32)15-33-31(37-27)35-19-8-10-39(11-9-19)16-18-4-5-20-21(12-18)29(43)40(30(20)44)24-6-7-26(41)36-28(24)42/h4-5,12,14-15,17,19,24,30,44H,2-3,6-11,13,16H2,1H3,(H,33,35,37)(H,36,41,42). The highest BCUT2D eigenvalue weighted by Gasteiger charge is 2.43. The first-order chi connectivity index (χ1) is 21.2. The molecule has 3 fully saturated rings. The number of carbonyl (C=O) groups is 3. The highest BCUT2D eigenvalue weighted by atomic mass is 35.5. The number of thiol groups is 1. The van der Waals surface area contributed by atoms with Gasteiger partial charge in [-0.3, -0.25) is 29.3 Å². The third-order valence-corrected chi connectivity index (χ3v) is 10.0. The summed E-state index contributed by atoms with van der Waals surface area (Å²) in [5.41, 5.74) is 5.27. The van der Waals surface area contributed by atoms with Crippen LogP contribution >= 0.6 is 24.2 Å². The molecule has 0 bridgehead atoms. The number of piperidine rings is 2. The van der Waals surface area contributed by atoms with Crippen molar-refractivity contribution in [1.29, 1.82) is 0 Å². The van der Waals surface area contributed by atoms with Crippen LogP contribution in [0.5, 0.6) is 0 Å². The monoisotopic (exact) mass is 634 g/mol. The van der Waals surface area contributed by atoms with Crippen LogP contribution in [0.25, 0.3) is 11.3 Å². The molecule has 230 valence electrons. The van der Waals surface area contributed by atoms with Crippen molar-refractivity contribution in [3.05, 3.63) is 58.0 Å². The maximum absolute atomic E-state index is 13.4. The molecule has 1 saturated carbocycles. The number of amides is 3. The fraction of sp³-hybridized carbons (Fsp3) is 0.484. The molecular formula is C31H35ClN8O3S.